The number of hydrogen-bond acceptors (Lipinski definition) is 7. The molecule has 0 aliphatic carbocycles. The van der Waals surface area contributed by atoms with E-state index in [1.54, 1.807) is 35.6 Å². The maximum atomic E-state index is 13.3. The number of nitrogens with zero attached hydrogens (tertiary/aromatic N) is 1. The normalized spacial score (nSPS) is 15.3. The molecule has 1 aliphatic heterocycles. The standard InChI is InChI=1S/C23H25N5O3S2/c24-20-7-6-17(13-19(20)21(25)15-4-3-5-18(12-15)33(26,30)31)27-23(29)22(16-8-11-32-14-16)28-9-1-2-10-28/h3-8,11-14,22,25H,1-2,9-10,24H2,(H,27,29)(H2,26,30,31). The zero-order valence-electron chi connectivity index (χ0n) is 17.8. The number of likely N-dealkylation sites (tertiary alicyclic amines) is 1. The Kier molecular flexibility index (Phi) is 6.61. The van der Waals surface area contributed by atoms with E-state index < -0.39 is 10.0 Å². The molecule has 0 spiro atoms. The number of sulfonamides is 1. The van der Waals surface area contributed by atoms with Gasteiger partial charge >= 0.3 is 0 Å². The molecule has 1 aromatic heterocycles. The van der Waals surface area contributed by atoms with Crippen molar-refractivity contribution >= 4 is 44.4 Å². The van der Waals surface area contributed by atoms with Crippen LogP contribution in [0.25, 0.3) is 0 Å². The third kappa shape index (κ3) is 5.14. The van der Waals surface area contributed by atoms with Crippen molar-refractivity contribution in [2.75, 3.05) is 24.1 Å². The molecule has 3 aromatic rings. The maximum absolute atomic E-state index is 13.3. The molecule has 172 valence electrons. The van der Waals surface area contributed by atoms with E-state index in [-0.39, 0.29) is 22.6 Å². The molecule has 8 nitrogen and oxygen atoms in total. The van der Waals surface area contributed by atoms with E-state index in [2.05, 4.69) is 10.2 Å². The minimum atomic E-state index is -3.90. The molecule has 0 radical (unpaired) electrons. The van der Waals surface area contributed by atoms with Crippen LogP contribution in [0.15, 0.2) is 64.2 Å². The lowest BCUT2D eigenvalue weighted by atomic mass is 10.00. The number of carbonyl (C=O) groups excluding carboxylic acids is 1. The monoisotopic (exact) mass is 483 g/mol. The molecular formula is C23H25N5O3S2. The predicted molar refractivity (Wildman–Crippen MR) is 131 cm³/mol. The molecular weight excluding hydrogens is 458 g/mol. The van der Waals surface area contributed by atoms with E-state index >= 15 is 0 Å². The molecule has 2 heterocycles. The maximum Gasteiger partial charge on any atom is 0.246 e. The number of nitrogen functional groups attached to an aromatic ring is 1. The zero-order chi connectivity index (χ0) is 23.6. The summed E-state index contributed by atoms with van der Waals surface area (Å²) in [4.78, 5) is 15.4. The molecule has 1 atom stereocenters. The average Bonchev–Trinajstić information content (AvgIpc) is 3.49. The van der Waals surface area contributed by atoms with E-state index in [0.717, 1.165) is 31.5 Å². The second-order valence-corrected chi connectivity index (χ2v) is 10.3. The number of rotatable bonds is 7. The van der Waals surface area contributed by atoms with Crippen molar-refractivity contribution in [1.82, 2.24) is 4.90 Å². The molecule has 6 N–H and O–H groups in total. The van der Waals surface area contributed by atoms with Gasteiger partial charge in [0.05, 0.1) is 10.6 Å². The van der Waals surface area contributed by atoms with Gasteiger partial charge in [-0.15, -0.1) is 0 Å². The summed E-state index contributed by atoms with van der Waals surface area (Å²) in [5.41, 5.74) is 8.69. The summed E-state index contributed by atoms with van der Waals surface area (Å²) >= 11 is 1.56. The van der Waals surface area contributed by atoms with Gasteiger partial charge in [-0.3, -0.25) is 15.1 Å². The van der Waals surface area contributed by atoms with Gasteiger partial charge in [-0.25, -0.2) is 13.6 Å². The van der Waals surface area contributed by atoms with Gasteiger partial charge in [-0.05, 0) is 78.7 Å². The van der Waals surface area contributed by atoms with Gasteiger partial charge in [0.25, 0.3) is 0 Å². The summed E-state index contributed by atoms with van der Waals surface area (Å²) in [6.07, 6.45) is 2.13. The van der Waals surface area contributed by atoms with Crippen LogP contribution >= 0.6 is 11.3 Å². The summed E-state index contributed by atoms with van der Waals surface area (Å²) in [5.74, 6) is -0.145. The van der Waals surface area contributed by atoms with E-state index in [1.807, 2.05) is 16.8 Å². The first kappa shape index (κ1) is 23.1. The van der Waals surface area contributed by atoms with Crippen LogP contribution in [0.2, 0.25) is 0 Å². The molecule has 1 unspecified atom stereocenters. The molecule has 33 heavy (non-hydrogen) atoms. The average molecular weight is 484 g/mol. The number of hydrogen-bond donors (Lipinski definition) is 4. The number of primary sulfonamides is 1. The van der Waals surface area contributed by atoms with Crippen molar-refractivity contribution in [3.63, 3.8) is 0 Å². The number of amides is 1. The number of carbonyl (C=O) groups is 1. The van der Waals surface area contributed by atoms with Crippen molar-refractivity contribution < 1.29 is 13.2 Å². The number of nitrogens with one attached hydrogen (secondary N) is 2. The van der Waals surface area contributed by atoms with Gasteiger partial charge in [0.15, 0.2) is 0 Å². The highest BCUT2D eigenvalue weighted by Crippen LogP contribution is 2.29. The molecule has 1 fully saturated rings. The summed E-state index contributed by atoms with van der Waals surface area (Å²) < 4.78 is 23.4. The minimum Gasteiger partial charge on any atom is -0.398 e. The molecule has 4 rings (SSSR count). The zero-order valence-corrected chi connectivity index (χ0v) is 19.5. The first-order chi connectivity index (χ1) is 15.7. The van der Waals surface area contributed by atoms with Gasteiger partial charge in [0.1, 0.15) is 6.04 Å². The van der Waals surface area contributed by atoms with Crippen LogP contribution in [-0.4, -0.2) is 38.0 Å². The summed E-state index contributed by atoms with van der Waals surface area (Å²) in [7, 11) is -3.90. The van der Waals surface area contributed by atoms with Crippen LogP contribution in [0.1, 0.15) is 35.6 Å². The van der Waals surface area contributed by atoms with Crippen molar-refractivity contribution in [2.45, 2.75) is 23.8 Å². The molecule has 10 heteroatoms. The number of anilines is 2. The third-order valence-corrected chi connectivity index (χ3v) is 7.27. The topological polar surface area (TPSA) is 142 Å². The van der Waals surface area contributed by atoms with Crippen molar-refractivity contribution in [2.24, 2.45) is 5.14 Å². The Morgan fingerprint density at radius 3 is 2.55 bits per heavy atom. The molecule has 1 aliphatic rings. The second-order valence-electron chi connectivity index (χ2n) is 7.94. The second kappa shape index (κ2) is 9.44. The van der Waals surface area contributed by atoms with Crippen molar-refractivity contribution in [1.29, 1.82) is 5.41 Å². The van der Waals surface area contributed by atoms with Crippen molar-refractivity contribution in [3.05, 3.63) is 76.0 Å². The fraction of sp³-hybridized carbons (Fsp3) is 0.217. The van der Waals surface area contributed by atoms with E-state index in [0.29, 0.717) is 22.5 Å². The van der Waals surface area contributed by atoms with E-state index in [4.69, 9.17) is 16.3 Å². The van der Waals surface area contributed by atoms with Crippen LogP contribution in [-0.2, 0) is 14.8 Å². The Morgan fingerprint density at radius 1 is 1.12 bits per heavy atom. The highest BCUT2D eigenvalue weighted by atomic mass is 32.2. The molecule has 1 amide bonds. The van der Waals surface area contributed by atoms with Crippen LogP contribution in [0.3, 0.4) is 0 Å². The largest absolute Gasteiger partial charge is 0.398 e. The van der Waals surface area contributed by atoms with Gasteiger partial charge in [-0.2, -0.15) is 11.3 Å². The quantitative estimate of drug-likeness (QED) is 0.302. The van der Waals surface area contributed by atoms with Crippen LogP contribution in [0.5, 0.6) is 0 Å². The number of thiophene rings is 1. The smallest absolute Gasteiger partial charge is 0.246 e. The van der Waals surface area contributed by atoms with Gasteiger partial charge in [0, 0.05) is 22.5 Å². The lowest BCUT2D eigenvalue weighted by Gasteiger charge is -2.26. The Balaban J connectivity index is 1.61. The van der Waals surface area contributed by atoms with E-state index in [9.17, 15) is 13.2 Å². The van der Waals surface area contributed by atoms with Gasteiger partial charge < -0.3 is 11.1 Å². The molecule has 1 saturated heterocycles. The van der Waals surface area contributed by atoms with Crippen LogP contribution in [0, 0.1) is 5.41 Å². The molecule has 0 saturated carbocycles. The summed E-state index contributed by atoms with van der Waals surface area (Å²) in [5, 5.41) is 20.7. The lowest BCUT2D eigenvalue weighted by Crippen LogP contribution is -2.35. The van der Waals surface area contributed by atoms with Gasteiger partial charge in [0.2, 0.25) is 15.9 Å². The fourth-order valence-electron chi connectivity index (χ4n) is 4.00. The minimum absolute atomic E-state index is 0.0306. The number of nitrogens with two attached hydrogens (primary N) is 2. The predicted octanol–water partition coefficient (Wildman–Crippen LogP) is 3.17. The summed E-state index contributed by atoms with van der Waals surface area (Å²) in [6, 6.07) is 12.4. The fourth-order valence-corrected chi connectivity index (χ4v) is 5.24. The highest BCUT2D eigenvalue weighted by molar-refractivity contribution is 7.89. The first-order valence-corrected chi connectivity index (χ1v) is 12.9. The number of benzene rings is 2. The third-order valence-electron chi connectivity index (χ3n) is 5.65. The Hall–Kier alpha value is -3.05. The molecule has 2 aromatic carbocycles. The van der Waals surface area contributed by atoms with Gasteiger partial charge in [-0.1, -0.05) is 12.1 Å². The van der Waals surface area contributed by atoms with Crippen LogP contribution < -0.4 is 16.2 Å². The van der Waals surface area contributed by atoms with E-state index in [1.165, 1.54) is 18.2 Å². The first-order valence-electron chi connectivity index (χ1n) is 10.4. The highest BCUT2D eigenvalue weighted by Gasteiger charge is 2.30. The Morgan fingerprint density at radius 2 is 1.88 bits per heavy atom. The lowest BCUT2D eigenvalue weighted by molar-refractivity contribution is -0.121. The Labute approximate surface area is 196 Å². The van der Waals surface area contributed by atoms with Crippen molar-refractivity contribution in [3.8, 4) is 0 Å². The SMILES string of the molecule is N=C(c1cccc(S(N)(=O)=O)c1)c1cc(NC(=O)C(c2ccsc2)N2CCCC2)ccc1N. The van der Waals surface area contributed by atoms with Crippen LogP contribution in [0.4, 0.5) is 11.4 Å². The Bertz CT molecular complexity index is 1280. The molecule has 0 bridgehead atoms. The summed E-state index contributed by atoms with van der Waals surface area (Å²) in [6.45, 7) is 1.73.